The second-order valence-electron chi connectivity index (χ2n) is 4.75. The molecule has 4 heteroatoms. The van der Waals surface area contributed by atoms with E-state index in [4.69, 9.17) is 13.9 Å². The fourth-order valence-corrected chi connectivity index (χ4v) is 3.29. The Morgan fingerprint density at radius 2 is 1.90 bits per heavy atom. The molecule has 0 saturated heterocycles. The zero-order valence-corrected chi connectivity index (χ0v) is 14.8. The lowest BCUT2D eigenvalue weighted by Crippen LogP contribution is -2.20. The van der Waals surface area contributed by atoms with Crippen LogP contribution in [0.4, 0.5) is 0 Å². The van der Waals surface area contributed by atoms with Crippen LogP contribution in [0.25, 0.3) is 6.08 Å². The van der Waals surface area contributed by atoms with E-state index in [2.05, 4.69) is 24.8 Å². The van der Waals surface area contributed by atoms with Crippen molar-refractivity contribution in [3.05, 3.63) is 42.0 Å². The maximum Gasteiger partial charge on any atom is 0.166 e. The molecular formula is C17H28O3Si. The molecule has 1 aromatic rings. The second kappa shape index (κ2) is 11.7. The van der Waals surface area contributed by atoms with Gasteiger partial charge in [0.1, 0.15) is 0 Å². The van der Waals surface area contributed by atoms with Crippen LogP contribution < -0.4 is 0 Å². The van der Waals surface area contributed by atoms with Crippen LogP contribution in [-0.2, 0) is 20.3 Å². The summed E-state index contributed by atoms with van der Waals surface area (Å²) in [4.78, 5) is 0. The summed E-state index contributed by atoms with van der Waals surface area (Å²) >= 11 is 0. The smallest absolute Gasteiger partial charge is 0.166 e. The van der Waals surface area contributed by atoms with Crippen molar-refractivity contribution in [2.24, 2.45) is 0 Å². The average molecular weight is 308 g/mol. The molecule has 1 aromatic carbocycles. The summed E-state index contributed by atoms with van der Waals surface area (Å²) in [5.74, 6) is 0. The molecule has 0 N–H and O–H groups in total. The normalized spacial score (nSPS) is 11.6. The first-order valence-electron chi connectivity index (χ1n) is 7.83. The molecule has 0 aliphatic carbocycles. The van der Waals surface area contributed by atoms with E-state index in [9.17, 15) is 0 Å². The van der Waals surface area contributed by atoms with E-state index in [1.807, 2.05) is 26.0 Å². The first-order valence-corrected chi connectivity index (χ1v) is 9.40. The molecule has 0 atom stereocenters. The highest BCUT2D eigenvalue weighted by atomic mass is 28.2. The topological polar surface area (TPSA) is 27.7 Å². The molecule has 0 fully saturated rings. The molecule has 0 spiro atoms. The Balaban J connectivity index is 2.15. The van der Waals surface area contributed by atoms with Gasteiger partial charge in [-0.2, -0.15) is 0 Å². The lowest BCUT2D eigenvalue weighted by Gasteiger charge is -2.16. The van der Waals surface area contributed by atoms with Crippen LogP contribution in [0.3, 0.4) is 0 Å². The maximum absolute atomic E-state index is 5.81. The van der Waals surface area contributed by atoms with Crippen molar-refractivity contribution in [3.63, 3.8) is 0 Å². The fourth-order valence-electron chi connectivity index (χ4n) is 2.19. The summed E-state index contributed by atoms with van der Waals surface area (Å²) < 4.78 is 16.8. The van der Waals surface area contributed by atoms with Crippen LogP contribution >= 0.6 is 0 Å². The van der Waals surface area contributed by atoms with Crippen LogP contribution in [0, 0.1) is 0 Å². The Kier molecular flexibility index (Phi) is 10.1. The molecule has 0 aromatic heterocycles. The van der Waals surface area contributed by atoms with Gasteiger partial charge in [0.15, 0.2) is 16.1 Å². The highest BCUT2D eigenvalue weighted by Gasteiger charge is 2.07. The molecule has 0 unspecified atom stereocenters. The zero-order chi connectivity index (χ0) is 15.3. The van der Waals surface area contributed by atoms with E-state index >= 15 is 0 Å². The molecule has 0 heterocycles. The van der Waals surface area contributed by atoms with Crippen molar-refractivity contribution in [2.45, 2.75) is 39.0 Å². The molecule has 3 nitrogen and oxygen atoms in total. The quantitative estimate of drug-likeness (QED) is 0.337. The number of ether oxygens (including phenoxy) is 2. The standard InChI is InChI=1S/C17H28O3Si/c1-4-15-10-7-8-11-16(15)12-9-13-20-21-14-17(18-5-2)19-6-3/h4,7-8,10-11,17H,1,5-6,9,12-14,21H2,2-3H3. The highest BCUT2D eigenvalue weighted by molar-refractivity contribution is 6.27. The minimum absolute atomic E-state index is 0.0758. The molecule has 0 saturated carbocycles. The van der Waals surface area contributed by atoms with Gasteiger partial charge in [0.05, 0.1) is 0 Å². The van der Waals surface area contributed by atoms with E-state index in [-0.39, 0.29) is 6.29 Å². The Morgan fingerprint density at radius 3 is 2.57 bits per heavy atom. The number of hydrogen-bond donors (Lipinski definition) is 0. The summed E-state index contributed by atoms with van der Waals surface area (Å²) in [6, 6.07) is 9.31. The maximum atomic E-state index is 5.81. The van der Waals surface area contributed by atoms with Gasteiger partial charge in [-0.15, -0.1) is 0 Å². The number of hydrogen-bond acceptors (Lipinski definition) is 3. The molecule has 0 aliphatic rings. The predicted octanol–water partition coefficient (Wildman–Crippen LogP) is 3.18. The van der Waals surface area contributed by atoms with Crippen molar-refractivity contribution in [2.75, 3.05) is 19.8 Å². The molecule has 21 heavy (non-hydrogen) atoms. The van der Waals surface area contributed by atoms with Crippen molar-refractivity contribution in [3.8, 4) is 0 Å². The third-order valence-electron chi connectivity index (χ3n) is 3.21. The Bertz CT molecular complexity index is 389. The first-order chi connectivity index (χ1) is 10.3. The number of rotatable bonds is 12. The first kappa shape index (κ1) is 18.1. The third-order valence-corrected chi connectivity index (χ3v) is 4.50. The van der Waals surface area contributed by atoms with Gasteiger partial charge in [-0.1, -0.05) is 36.9 Å². The van der Waals surface area contributed by atoms with Gasteiger partial charge >= 0.3 is 0 Å². The van der Waals surface area contributed by atoms with Crippen molar-refractivity contribution < 1.29 is 13.9 Å². The van der Waals surface area contributed by atoms with E-state index in [1.165, 1.54) is 11.1 Å². The molecule has 0 amide bonds. The molecular weight excluding hydrogens is 280 g/mol. The van der Waals surface area contributed by atoms with E-state index in [1.54, 1.807) is 0 Å². The summed E-state index contributed by atoms with van der Waals surface area (Å²) in [5.41, 5.74) is 2.57. The average Bonchev–Trinajstić information content (AvgIpc) is 2.51. The highest BCUT2D eigenvalue weighted by Crippen LogP contribution is 2.12. The van der Waals surface area contributed by atoms with E-state index in [0.717, 1.165) is 25.5 Å². The molecule has 1 rings (SSSR count). The zero-order valence-electron chi connectivity index (χ0n) is 13.3. The van der Waals surface area contributed by atoms with E-state index < -0.39 is 9.76 Å². The summed E-state index contributed by atoms with van der Waals surface area (Å²) in [7, 11) is -0.562. The molecule has 118 valence electrons. The van der Waals surface area contributed by atoms with Gasteiger partial charge < -0.3 is 13.9 Å². The van der Waals surface area contributed by atoms with Crippen molar-refractivity contribution >= 4 is 15.8 Å². The van der Waals surface area contributed by atoms with Crippen LogP contribution in [0.5, 0.6) is 0 Å². The van der Waals surface area contributed by atoms with Gasteiger partial charge in [-0.05, 0) is 37.8 Å². The Hall–Kier alpha value is -0.943. The molecule has 0 bridgehead atoms. The van der Waals surface area contributed by atoms with Gasteiger partial charge in [-0.3, -0.25) is 0 Å². The van der Waals surface area contributed by atoms with Gasteiger partial charge in [-0.25, -0.2) is 0 Å². The molecule has 0 aliphatic heterocycles. The SMILES string of the molecule is C=Cc1ccccc1CCCO[SiH2]CC(OCC)OCC. The minimum Gasteiger partial charge on any atom is -0.424 e. The van der Waals surface area contributed by atoms with Crippen LogP contribution in [-0.4, -0.2) is 35.9 Å². The Labute approximate surface area is 131 Å². The Morgan fingerprint density at radius 1 is 1.19 bits per heavy atom. The summed E-state index contributed by atoms with van der Waals surface area (Å²) in [6.07, 6.45) is 3.93. The lowest BCUT2D eigenvalue weighted by molar-refractivity contribution is -0.124. The number of benzene rings is 1. The summed E-state index contributed by atoms with van der Waals surface area (Å²) in [6.45, 7) is 10.0. The minimum atomic E-state index is -0.562. The number of aryl methyl sites for hydroxylation is 1. The monoisotopic (exact) mass is 308 g/mol. The van der Waals surface area contributed by atoms with Gasteiger partial charge in [0, 0.05) is 25.9 Å². The second-order valence-corrected chi connectivity index (χ2v) is 6.14. The predicted molar refractivity (Wildman–Crippen MR) is 91.2 cm³/mol. The fraction of sp³-hybridized carbons (Fsp3) is 0.529. The van der Waals surface area contributed by atoms with Gasteiger partial charge in [0.25, 0.3) is 0 Å². The van der Waals surface area contributed by atoms with E-state index in [0.29, 0.717) is 13.2 Å². The van der Waals surface area contributed by atoms with Crippen LogP contribution in [0.2, 0.25) is 6.04 Å². The third kappa shape index (κ3) is 7.57. The largest absolute Gasteiger partial charge is 0.424 e. The van der Waals surface area contributed by atoms with Crippen molar-refractivity contribution in [1.29, 1.82) is 0 Å². The van der Waals surface area contributed by atoms with Gasteiger partial charge in [0.2, 0.25) is 0 Å². The summed E-state index contributed by atoms with van der Waals surface area (Å²) in [5, 5.41) is 0. The van der Waals surface area contributed by atoms with Crippen molar-refractivity contribution in [1.82, 2.24) is 0 Å². The molecule has 0 radical (unpaired) electrons. The van der Waals surface area contributed by atoms with Crippen LogP contribution in [0.15, 0.2) is 30.8 Å². The lowest BCUT2D eigenvalue weighted by atomic mass is 10.0. The van der Waals surface area contributed by atoms with Crippen LogP contribution in [0.1, 0.15) is 31.4 Å².